The lowest BCUT2D eigenvalue weighted by Gasteiger charge is -1.88. The van der Waals surface area contributed by atoms with Crippen LogP contribution in [0.1, 0.15) is 5.56 Å². The first-order valence-corrected chi connectivity index (χ1v) is 5.34. The third-order valence-corrected chi connectivity index (χ3v) is 1.71. The van der Waals surface area contributed by atoms with Crippen molar-refractivity contribution in [3.8, 4) is 0 Å². The van der Waals surface area contributed by atoms with Gasteiger partial charge in [0.15, 0.2) is 0 Å². The van der Waals surface area contributed by atoms with Crippen molar-refractivity contribution < 1.29 is 13.0 Å². The summed E-state index contributed by atoms with van der Waals surface area (Å²) in [4.78, 5) is 1.13. The second-order valence-corrected chi connectivity index (χ2v) is 4.01. The Labute approximate surface area is 87.7 Å². The highest BCUT2D eigenvalue weighted by Crippen LogP contribution is 2.07. The Morgan fingerprint density at radius 2 is 1.71 bits per heavy atom. The van der Waals surface area contributed by atoms with Crippen molar-refractivity contribution in [2.24, 2.45) is 5.84 Å². The molecule has 0 aliphatic heterocycles. The minimum Gasteiger partial charge on any atom is -0.273 e. The van der Waals surface area contributed by atoms with Crippen LogP contribution >= 0.6 is 11.6 Å². The molecule has 5 nitrogen and oxygen atoms in total. The van der Waals surface area contributed by atoms with Gasteiger partial charge >= 0.3 is 10.3 Å². The molecule has 0 unspecified atom stereocenters. The number of hydrogen-bond donors (Lipinski definition) is 3. The van der Waals surface area contributed by atoms with E-state index in [2.05, 4.69) is 5.84 Å². The lowest BCUT2D eigenvalue weighted by molar-refractivity contribution is 0.469. The number of nitrogens with two attached hydrogens (primary N) is 1. The van der Waals surface area contributed by atoms with E-state index in [1.807, 2.05) is 31.2 Å². The number of aryl methyl sites for hydroxylation is 1. The van der Waals surface area contributed by atoms with Gasteiger partial charge in [-0.1, -0.05) is 29.3 Å². The summed E-state index contributed by atoms with van der Waals surface area (Å²) in [6.45, 7) is 2.04. The molecule has 0 fully saturated rings. The molecule has 14 heavy (non-hydrogen) atoms. The summed E-state index contributed by atoms with van der Waals surface area (Å²) in [5.41, 5.74) is 1.24. The summed E-state index contributed by atoms with van der Waals surface area (Å²) < 4.78 is 26.2. The van der Waals surface area contributed by atoms with Crippen LogP contribution in [0.3, 0.4) is 0 Å². The van der Waals surface area contributed by atoms with E-state index in [4.69, 9.17) is 16.2 Å². The highest BCUT2D eigenvalue weighted by molar-refractivity contribution is 7.83. The van der Waals surface area contributed by atoms with Gasteiger partial charge in [-0.25, -0.2) is 0 Å². The summed E-state index contributed by atoms with van der Waals surface area (Å²) in [5, 5.41) is 0.801. The maximum absolute atomic E-state index is 9.32. The van der Waals surface area contributed by atoms with Crippen LogP contribution in [0.25, 0.3) is 0 Å². The second-order valence-electron chi connectivity index (χ2n) is 2.39. The number of nitrogens with one attached hydrogen (secondary N) is 1. The SMILES string of the molecule is Cc1ccc(Cl)cc1.NNS(=O)(=O)O. The third-order valence-electron chi connectivity index (χ3n) is 1.16. The van der Waals surface area contributed by atoms with Crippen LogP contribution in [0.4, 0.5) is 0 Å². The van der Waals surface area contributed by atoms with Gasteiger partial charge in [0, 0.05) is 5.02 Å². The molecule has 0 heterocycles. The minimum absolute atomic E-state index is 0.801. The summed E-state index contributed by atoms with van der Waals surface area (Å²) in [6, 6.07) is 7.75. The van der Waals surface area contributed by atoms with E-state index in [-0.39, 0.29) is 0 Å². The summed E-state index contributed by atoms with van der Waals surface area (Å²) >= 11 is 5.61. The highest BCUT2D eigenvalue weighted by Gasteiger charge is 1.92. The summed E-state index contributed by atoms with van der Waals surface area (Å²) in [5.74, 6) is 4.22. The Morgan fingerprint density at radius 3 is 1.93 bits per heavy atom. The highest BCUT2D eigenvalue weighted by atomic mass is 35.5. The molecule has 1 rings (SSSR count). The molecule has 0 aliphatic carbocycles. The van der Waals surface area contributed by atoms with Gasteiger partial charge < -0.3 is 0 Å². The van der Waals surface area contributed by atoms with Crippen LogP contribution in [-0.4, -0.2) is 13.0 Å². The number of benzene rings is 1. The molecule has 0 bridgehead atoms. The van der Waals surface area contributed by atoms with E-state index in [0.717, 1.165) is 9.85 Å². The smallest absolute Gasteiger partial charge is 0.273 e. The zero-order valence-corrected chi connectivity index (χ0v) is 9.01. The fourth-order valence-corrected chi connectivity index (χ4v) is 0.659. The first kappa shape index (κ1) is 13.3. The quantitative estimate of drug-likeness (QED) is 0.385. The van der Waals surface area contributed by atoms with Crippen molar-refractivity contribution in [3.63, 3.8) is 0 Å². The van der Waals surface area contributed by atoms with Crippen LogP contribution in [0, 0.1) is 6.92 Å². The predicted molar refractivity (Wildman–Crippen MR) is 55.1 cm³/mol. The molecule has 80 valence electrons. The van der Waals surface area contributed by atoms with Crippen molar-refractivity contribution in [1.29, 1.82) is 0 Å². The van der Waals surface area contributed by atoms with Gasteiger partial charge in [-0.05, 0) is 19.1 Å². The molecule has 0 aliphatic rings. The molecule has 0 aromatic heterocycles. The van der Waals surface area contributed by atoms with Crippen LogP contribution in [0.2, 0.25) is 5.02 Å². The molecule has 1 aromatic carbocycles. The Hall–Kier alpha value is -0.660. The van der Waals surface area contributed by atoms with Crippen LogP contribution < -0.4 is 10.7 Å². The van der Waals surface area contributed by atoms with E-state index in [1.165, 1.54) is 5.56 Å². The molecule has 0 spiro atoms. The van der Waals surface area contributed by atoms with Crippen molar-refractivity contribution in [2.75, 3.05) is 0 Å². The summed E-state index contributed by atoms with van der Waals surface area (Å²) in [6.07, 6.45) is 0. The van der Waals surface area contributed by atoms with Crippen molar-refractivity contribution in [3.05, 3.63) is 34.9 Å². The Kier molecular flexibility index (Phi) is 5.66. The zero-order chi connectivity index (χ0) is 11.2. The molecule has 0 saturated heterocycles. The molecule has 0 amide bonds. The van der Waals surface area contributed by atoms with Crippen molar-refractivity contribution >= 4 is 21.9 Å². The molecule has 4 N–H and O–H groups in total. The molecular weight excluding hydrogens is 228 g/mol. The van der Waals surface area contributed by atoms with Gasteiger partial charge in [0.1, 0.15) is 0 Å². The van der Waals surface area contributed by atoms with Gasteiger partial charge in [-0.2, -0.15) is 8.42 Å². The van der Waals surface area contributed by atoms with E-state index in [0.29, 0.717) is 0 Å². The second kappa shape index (κ2) is 5.94. The van der Waals surface area contributed by atoms with Crippen LogP contribution in [0.15, 0.2) is 24.3 Å². The first-order valence-electron chi connectivity index (χ1n) is 3.52. The maximum atomic E-state index is 9.32. The molecule has 0 atom stereocenters. The average molecular weight is 239 g/mol. The minimum atomic E-state index is -4.13. The first-order chi connectivity index (χ1) is 6.35. The van der Waals surface area contributed by atoms with E-state index >= 15 is 0 Å². The largest absolute Gasteiger partial charge is 0.346 e. The fraction of sp³-hybridized carbons (Fsp3) is 0.143. The van der Waals surface area contributed by atoms with Crippen LogP contribution in [0.5, 0.6) is 0 Å². The molecule has 0 saturated carbocycles. The van der Waals surface area contributed by atoms with E-state index in [9.17, 15) is 8.42 Å². The number of halogens is 1. The molecule has 1 aromatic rings. The van der Waals surface area contributed by atoms with Gasteiger partial charge in [0.2, 0.25) is 0 Å². The maximum Gasteiger partial charge on any atom is 0.346 e. The van der Waals surface area contributed by atoms with Gasteiger partial charge in [-0.3, -0.25) is 10.4 Å². The van der Waals surface area contributed by atoms with E-state index in [1.54, 1.807) is 0 Å². The predicted octanol–water partition coefficient (Wildman–Crippen LogP) is 0.901. The van der Waals surface area contributed by atoms with Crippen molar-refractivity contribution in [1.82, 2.24) is 4.83 Å². The molecule has 7 heteroatoms. The lowest BCUT2D eigenvalue weighted by atomic mass is 10.2. The van der Waals surface area contributed by atoms with E-state index < -0.39 is 10.3 Å². The van der Waals surface area contributed by atoms with Crippen molar-refractivity contribution in [2.45, 2.75) is 6.92 Å². The number of rotatable bonds is 1. The topological polar surface area (TPSA) is 92.4 Å². The van der Waals surface area contributed by atoms with Gasteiger partial charge in [0.25, 0.3) is 0 Å². The summed E-state index contributed by atoms with van der Waals surface area (Å²) in [7, 11) is -4.13. The Morgan fingerprint density at radius 1 is 1.36 bits per heavy atom. The fourth-order valence-electron chi connectivity index (χ4n) is 0.533. The Balaban J connectivity index is 0.000000255. The molecular formula is C7H11ClN2O3S. The number of hydrazine groups is 1. The zero-order valence-electron chi connectivity index (χ0n) is 7.44. The molecule has 0 radical (unpaired) electrons. The Bertz CT molecular complexity index is 342. The monoisotopic (exact) mass is 238 g/mol. The third kappa shape index (κ3) is 7.96. The van der Waals surface area contributed by atoms with Gasteiger partial charge in [-0.15, -0.1) is 4.83 Å². The average Bonchev–Trinajstić information content (AvgIpc) is 2.10. The number of hydrogen-bond acceptors (Lipinski definition) is 3. The normalized spacial score (nSPS) is 10.3. The van der Waals surface area contributed by atoms with Gasteiger partial charge in [0.05, 0.1) is 0 Å². The lowest BCUT2D eigenvalue weighted by Crippen LogP contribution is -2.29. The van der Waals surface area contributed by atoms with Crippen LogP contribution in [-0.2, 0) is 10.3 Å². The standard InChI is InChI=1S/C7H7Cl.H4N2O3S/c1-6-2-4-7(8)5-3-6;1-2-6(3,4)5/h2-5H,1H3;2H,1H2,(H,3,4,5).